The fourth-order valence-corrected chi connectivity index (χ4v) is 2.57. The highest BCUT2D eigenvalue weighted by molar-refractivity contribution is 14.0. The molecule has 6 heteroatoms. The number of aliphatic hydroxyl groups excluding tert-OH is 1. The minimum Gasteiger partial charge on any atom is -0.393 e. The van der Waals surface area contributed by atoms with Gasteiger partial charge in [-0.1, -0.05) is 31.2 Å². The van der Waals surface area contributed by atoms with Crippen LogP contribution in [0.2, 0.25) is 0 Å². The number of hydrogen-bond donors (Lipinski definition) is 3. The summed E-state index contributed by atoms with van der Waals surface area (Å²) in [5.41, 5.74) is 8.26. The van der Waals surface area contributed by atoms with Crippen molar-refractivity contribution < 1.29 is 5.11 Å². The first-order valence-corrected chi connectivity index (χ1v) is 8.19. The van der Waals surface area contributed by atoms with Crippen molar-refractivity contribution in [2.45, 2.75) is 45.4 Å². The number of hydrogen-bond acceptors (Lipinski definition) is 3. The first kappa shape index (κ1) is 20.2. The van der Waals surface area contributed by atoms with Crippen molar-refractivity contribution in [2.24, 2.45) is 10.7 Å². The zero-order chi connectivity index (χ0) is 15.8. The van der Waals surface area contributed by atoms with E-state index in [0.29, 0.717) is 12.5 Å². The van der Waals surface area contributed by atoms with Gasteiger partial charge >= 0.3 is 0 Å². The minimum atomic E-state index is -0.108. The van der Waals surface area contributed by atoms with Crippen LogP contribution in [0.4, 0.5) is 0 Å². The van der Waals surface area contributed by atoms with E-state index in [1.807, 2.05) is 0 Å². The number of likely N-dealkylation sites (tertiary alicyclic amines) is 1. The van der Waals surface area contributed by atoms with Gasteiger partial charge in [0.05, 0.1) is 12.6 Å². The van der Waals surface area contributed by atoms with Crippen LogP contribution in [0.15, 0.2) is 29.3 Å². The summed E-state index contributed by atoms with van der Waals surface area (Å²) in [6.45, 7) is 6.48. The van der Waals surface area contributed by atoms with Gasteiger partial charge in [0.2, 0.25) is 0 Å². The molecule has 1 aromatic rings. The van der Waals surface area contributed by atoms with Crippen LogP contribution in [0.5, 0.6) is 0 Å². The van der Waals surface area contributed by atoms with E-state index in [4.69, 9.17) is 5.73 Å². The molecule has 5 nitrogen and oxygen atoms in total. The molecule has 1 saturated heterocycles. The number of halogens is 1. The number of guanidine groups is 1. The molecule has 2 rings (SSSR count). The summed E-state index contributed by atoms with van der Waals surface area (Å²) in [7, 11) is 0. The molecule has 0 atom stereocenters. The molecule has 0 saturated carbocycles. The molecule has 1 aliphatic rings. The van der Waals surface area contributed by atoms with Gasteiger partial charge in [-0.25, -0.2) is 4.99 Å². The topological polar surface area (TPSA) is 73.9 Å². The van der Waals surface area contributed by atoms with Crippen molar-refractivity contribution in [3.8, 4) is 0 Å². The molecule has 0 unspecified atom stereocenters. The van der Waals surface area contributed by atoms with E-state index >= 15 is 0 Å². The average Bonchev–Trinajstić information content (AvgIpc) is 2.54. The predicted octanol–water partition coefficient (Wildman–Crippen LogP) is 2.08. The molecule has 4 N–H and O–H groups in total. The molecular weight excluding hydrogens is 403 g/mol. The lowest BCUT2D eigenvalue weighted by molar-refractivity contribution is 0.0792. The van der Waals surface area contributed by atoms with E-state index < -0.39 is 0 Å². The second-order valence-electron chi connectivity index (χ2n) is 5.95. The van der Waals surface area contributed by atoms with Crippen LogP contribution in [0, 0.1) is 0 Å². The first-order valence-electron chi connectivity index (χ1n) is 8.19. The smallest absolute Gasteiger partial charge is 0.188 e. The van der Waals surface area contributed by atoms with E-state index in [0.717, 1.165) is 45.4 Å². The second kappa shape index (κ2) is 10.8. The van der Waals surface area contributed by atoms with Crippen molar-refractivity contribution in [3.05, 3.63) is 35.4 Å². The highest BCUT2D eigenvalue weighted by atomic mass is 127. The number of nitrogens with two attached hydrogens (primary N) is 1. The summed E-state index contributed by atoms with van der Waals surface area (Å²) in [5, 5.41) is 12.6. The highest BCUT2D eigenvalue weighted by Crippen LogP contribution is 2.14. The number of benzene rings is 1. The Bertz CT molecular complexity index is 470. The number of aliphatic imine (C=N–C) groups is 1. The quantitative estimate of drug-likeness (QED) is 0.366. The van der Waals surface area contributed by atoms with Gasteiger partial charge in [0, 0.05) is 26.2 Å². The van der Waals surface area contributed by atoms with Crippen LogP contribution in [-0.2, 0) is 13.1 Å². The number of nitrogens with one attached hydrogen (secondary N) is 1. The maximum Gasteiger partial charge on any atom is 0.188 e. The SMILES string of the molecule is CCCNC(N)=NCc1ccc(CN2CCC(O)CC2)cc1.I. The molecule has 0 bridgehead atoms. The lowest BCUT2D eigenvalue weighted by Gasteiger charge is -2.29. The van der Waals surface area contributed by atoms with Gasteiger partial charge in [-0.2, -0.15) is 0 Å². The number of rotatable bonds is 6. The number of aliphatic hydroxyl groups is 1. The van der Waals surface area contributed by atoms with Gasteiger partial charge in [0.1, 0.15) is 0 Å². The average molecular weight is 432 g/mol. The number of piperidine rings is 1. The highest BCUT2D eigenvalue weighted by Gasteiger charge is 2.16. The molecule has 0 aromatic heterocycles. The van der Waals surface area contributed by atoms with E-state index in [2.05, 4.69) is 46.4 Å². The Morgan fingerprint density at radius 1 is 1.26 bits per heavy atom. The zero-order valence-electron chi connectivity index (χ0n) is 13.9. The lowest BCUT2D eigenvalue weighted by Crippen LogP contribution is -2.35. The molecule has 1 aliphatic heterocycles. The summed E-state index contributed by atoms with van der Waals surface area (Å²) in [4.78, 5) is 6.73. The Morgan fingerprint density at radius 2 is 1.87 bits per heavy atom. The molecule has 0 aliphatic carbocycles. The van der Waals surface area contributed by atoms with E-state index in [1.54, 1.807) is 0 Å². The van der Waals surface area contributed by atoms with Crippen molar-refractivity contribution in [3.63, 3.8) is 0 Å². The predicted molar refractivity (Wildman–Crippen MR) is 106 cm³/mol. The summed E-state index contributed by atoms with van der Waals surface area (Å²) >= 11 is 0. The van der Waals surface area contributed by atoms with Crippen LogP contribution in [0.3, 0.4) is 0 Å². The molecule has 0 amide bonds. The van der Waals surface area contributed by atoms with Gasteiger partial charge in [-0.3, -0.25) is 4.90 Å². The van der Waals surface area contributed by atoms with Crippen LogP contribution < -0.4 is 11.1 Å². The first-order chi connectivity index (χ1) is 10.7. The third-order valence-electron chi connectivity index (χ3n) is 3.97. The molecule has 130 valence electrons. The van der Waals surface area contributed by atoms with Crippen LogP contribution in [0.25, 0.3) is 0 Å². The Hall–Kier alpha value is -0.860. The lowest BCUT2D eigenvalue weighted by atomic mass is 10.1. The minimum absolute atomic E-state index is 0. The van der Waals surface area contributed by atoms with Gasteiger partial charge in [-0.15, -0.1) is 24.0 Å². The molecular formula is C17H29IN4O. The summed E-state index contributed by atoms with van der Waals surface area (Å²) < 4.78 is 0. The third-order valence-corrected chi connectivity index (χ3v) is 3.97. The fourth-order valence-electron chi connectivity index (χ4n) is 2.57. The molecule has 1 fully saturated rings. The third kappa shape index (κ3) is 7.50. The Kier molecular flexibility index (Phi) is 9.50. The van der Waals surface area contributed by atoms with E-state index in [-0.39, 0.29) is 30.1 Å². The largest absolute Gasteiger partial charge is 0.393 e. The van der Waals surface area contributed by atoms with Crippen LogP contribution >= 0.6 is 24.0 Å². The molecule has 0 spiro atoms. The van der Waals surface area contributed by atoms with E-state index in [9.17, 15) is 5.11 Å². The van der Waals surface area contributed by atoms with Gasteiger partial charge in [0.15, 0.2) is 5.96 Å². The summed E-state index contributed by atoms with van der Waals surface area (Å²) in [6.07, 6.45) is 2.70. The maximum atomic E-state index is 9.53. The van der Waals surface area contributed by atoms with Crippen molar-refractivity contribution >= 4 is 29.9 Å². The van der Waals surface area contributed by atoms with E-state index in [1.165, 1.54) is 11.1 Å². The Labute approximate surface area is 156 Å². The molecule has 1 aromatic carbocycles. The monoisotopic (exact) mass is 432 g/mol. The zero-order valence-corrected chi connectivity index (χ0v) is 16.2. The molecule has 0 radical (unpaired) electrons. The Morgan fingerprint density at radius 3 is 2.48 bits per heavy atom. The van der Waals surface area contributed by atoms with Crippen molar-refractivity contribution in [1.82, 2.24) is 10.2 Å². The van der Waals surface area contributed by atoms with Gasteiger partial charge in [-0.05, 0) is 30.4 Å². The number of nitrogens with zero attached hydrogens (tertiary/aromatic N) is 2. The van der Waals surface area contributed by atoms with Gasteiger partial charge in [0.25, 0.3) is 0 Å². The standard InChI is InChI=1S/C17H28N4O.HI/c1-2-9-19-17(18)20-12-14-3-5-15(6-4-14)13-21-10-7-16(22)8-11-21;/h3-6,16,22H,2,7-13H2,1H3,(H3,18,19,20);1H. The van der Waals surface area contributed by atoms with Crippen molar-refractivity contribution in [2.75, 3.05) is 19.6 Å². The second-order valence-corrected chi connectivity index (χ2v) is 5.95. The van der Waals surface area contributed by atoms with Gasteiger partial charge < -0.3 is 16.2 Å². The van der Waals surface area contributed by atoms with Crippen LogP contribution in [-0.4, -0.2) is 41.7 Å². The van der Waals surface area contributed by atoms with Crippen molar-refractivity contribution in [1.29, 1.82) is 0 Å². The maximum absolute atomic E-state index is 9.53. The Balaban J connectivity index is 0.00000264. The fraction of sp³-hybridized carbons (Fsp3) is 0.588. The summed E-state index contributed by atoms with van der Waals surface area (Å²) in [5.74, 6) is 0.512. The normalized spacial score (nSPS) is 16.9. The molecule has 1 heterocycles. The summed E-state index contributed by atoms with van der Waals surface area (Å²) in [6, 6.07) is 8.55. The molecule has 23 heavy (non-hydrogen) atoms. The van der Waals surface area contributed by atoms with Crippen LogP contribution in [0.1, 0.15) is 37.3 Å².